The molecule has 1 aromatic carbocycles. The second kappa shape index (κ2) is 11.1. The number of methoxy groups -OCH3 is 1. The third kappa shape index (κ3) is 6.41. The molecule has 0 aliphatic heterocycles. The molecule has 0 aliphatic rings. The van der Waals surface area contributed by atoms with E-state index in [4.69, 9.17) is 4.74 Å². The molecule has 0 saturated carbocycles. The molecule has 162 valence electrons. The van der Waals surface area contributed by atoms with Gasteiger partial charge in [-0.1, -0.05) is 6.08 Å². The fourth-order valence-corrected chi connectivity index (χ4v) is 2.77. The number of urea groups is 1. The van der Waals surface area contributed by atoms with E-state index in [9.17, 15) is 18.4 Å². The highest BCUT2D eigenvalue weighted by Gasteiger charge is 2.22. The van der Waals surface area contributed by atoms with Crippen molar-refractivity contribution in [3.63, 3.8) is 0 Å². The summed E-state index contributed by atoms with van der Waals surface area (Å²) in [5, 5.41) is 2.36. The summed E-state index contributed by atoms with van der Waals surface area (Å²) >= 11 is 0. The number of benzene rings is 1. The van der Waals surface area contributed by atoms with E-state index in [0.29, 0.717) is 25.8 Å². The van der Waals surface area contributed by atoms with Crippen molar-refractivity contribution < 1.29 is 23.1 Å². The van der Waals surface area contributed by atoms with Gasteiger partial charge in [0.05, 0.1) is 18.8 Å². The number of nitrogens with zero attached hydrogens (tertiary/aromatic N) is 3. The molecule has 0 unspecified atom stereocenters. The van der Waals surface area contributed by atoms with Crippen molar-refractivity contribution in [1.82, 2.24) is 14.4 Å². The molecule has 1 aromatic heterocycles. The van der Waals surface area contributed by atoms with Gasteiger partial charge in [-0.2, -0.15) is 0 Å². The van der Waals surface area contributed by atoms with Gasteiger partial charge >= 0.3 is 6.03 Å². The van der Waals surface area contributed by atoms with Crippen molar-refractivity contribution in [3.8, 4) is 0 Å². The highest BCUT2D eigenvalue weighted by atomic mass is 19.1. The lowest BCUT2D eigenvalue weighted by Crippen LogP contribution is -2.45. The Kier molecular flexibility index (Phi) is 8.54. The number of carbonyl (C=O) groups excluding carboxylic acids is 2. The number of hydrogen-bond acceptors (Lipinski definition) is 3. The van der Waals surface area contributed by atoms with Crippen LogP contribution in [-0.2, 0) is 23.1 Å². The topological polar surface area (TPSA) is 66.8 Å². The Morgan fingerprint density at radius 1 is 1.27 bits per heavy atom. The Morgan fingerprint density at radius 3 is 2.63 bits per heavy atom. The van der Waals surface area contributed by atoms with Crippen LogP contribution in [0.3, 0.4) is 0 Å². The highest BCUT2D eigenvalue weighted by molar-refractivity contribution is 5.92. The van der Waals surface area contributed by atoms with Crippen molar-refractivity contribution >= 4 is 17.6 Å². The van der Waals surface area contributed by atoms with Crippen molar-refractivity contribution in [2.45, 2.75) is 6.54 Å². The molecule has 9 heteroatoms. The first kappa shape index (κ1) is 23.1. The predicted octanol–water partition coefficient (Wildman–Crippen LogP) is 3.00. The van der Waals surface area contributed by atoms with Gasteiger partial charge in [0.15, 0.2) is 0 Å². The Bertz CT molecular complexity index is 885. The van der Waals surface area contributed by atoms with Gasteiger partial charge in [0.2, 0.25) is 5.91 Å². The summed E-state index contributed by atoms with van der Waals surface area (Å²) in [6, 6.07) is 5.91. The zero-order chi connectivity index (χ0) is 22.1. The summed E-state index contributed by atoms with van der Waals surface area (Å²) in [4.78, 5) is 28.3. The van der Waals surface area contributed by atoms with Gasteiger partial charge in [0.25, 0.3) is 0 Å². The number of hydrogen-bond donors (Lipinski definition) is 1. The van der Waals surface area contributed by atoms with Crippen molar-refractivity contribution in [2.24, 2.45) is 7.05 Å². The van der Waals surface area contributed by atoms with Crippen LogP contribution < -0.4 is 5.32 Å². The smallest absolute Gasteiger partial charge is 0.322 e. The number of carbonyl (C=O) groups is 2. The highest BCUT2D eigenvalue weighted by Crippen LogP contribution is 2.16. The number of aromatic nitrogens is 1. The molecule has 30 heavy (non-hydrogen) atoms. The standard InChI is InChI=1S/C21H26F2N4O3/c1-4-9-27(21(29)24-19-8-7-16(22)13-18(19)23)15-20(28)26(11-12-30-3)14-17-6-5-10-25(17)2/h4-8,10,13H,1,9,11-12,14-15H2,2-3H3,(H,24,29). The number of halogens is 2. The minimum Gasteiger partial charge on any atom is -0.383 e. The second-order valence-corrected chi connectivity index (χ2v) is 6.64. The minimum absolute atomic E-state index is 0.0721. The van der Waals surface area contributed by atoms with Gasteiger partial charge in [-0.15, -0.1) is 6.58 Å². The lowest BCUT2D eigenvalue weighted by molar-refractivity contribution is -0.133. The van der Waals surface area contributed by atoms with E-state index in [-0.39, 0.29) is 24.7 Å². The Hall–Kier alpha value is -3.20. The first-order valence-corrected chi connectivity index (χ1v) is 9.34. The van der Waals surface area contributed by atoms with Crippen LogP contribution in [0.4, 0.5) is 19.3 Å². The Labute approximate surface area is 174 Å². The number of anilines is 1. The summed E-state index contributed by atoms with van der Waals surface area (Å²) in [5.41, 5.74) is 0.746. The molecule has 7 nitrogen and oxygen atoms in total. The van der Waals surface area contributed by atoms with Crippen LogP contribution in [-0.4, -0.2) is 59.7 Å². The van der Waals surface area contributed by atoms with Gasteiger partial charge in [-0.25, -0.2) is 13.6 Å². The minimum atomic E-state index is -0.904. The van der Waals surface area contributed by atoms with Gasteiger partial charge in [-0.05, 0) is 24.3 Å². The first-order chi connectivity index (χ1) is 14.3. The lowest BCUT2D eigenvalue weighted by atomic mass is 10.3. The number of nitrogens with one attached hydrogen (secondary N) is 1. The summed E-state index contributed by atoms with van der Waals surface area (Å²) in [5.74, 6) is -1.96. The fraction of sp³-hybridized carbons (Fsp3) is 0.333. The van der Waals surface area contributed by atoms with E-state index in [2.05, 4.69) is 11.9 Å². The molecular weight excluding hydrogens is 394 g/mol. The van der Waals surface area contributed by atoms with Gasteiger partial charge < -0.3 is 24.4 Å². The molecule has 2 aromatic rings. The van der Waals surface area contributed by atoms with Crippen LogP contribution >= 0.6 is 0 Å². The van der Waals surface area contributed by atoms with Crippen molar-refractivity contribution in [2.75, 3.05) is 38.7 Å². The maximum Gasteiger partial charge on any atom is 0.322 e. The van der Waals surface area contributed by atoms with Crippen molar-refractivity contribution in [1.29, 1.82) is 0 Å². The molecule has 0 fully saturated rings. The molecule has 0 atom stereocenters. The summed E-state index contributed by atoms with van der Waals surface area (Å²) < 4.78 is 33.9. The van der Waals surface area contributed by atoms with Gasteiger partial charge in [0.1, 0.15) is 18.2 Å². The van der Waals surface area contributed by atoms with Gasteiger partial charge in [0, 0.05) is 45.2 Å². The SMILES string of the molecule is C=CCN(CC(=O)N(CCOC)Cc1cccn1C)C(=O)Nc1ccc(F)cc1F. The molecule has 2 rings (SSSR count). The molecule has 1 heterocycles. The van der Waals surface area contributed by atoms with Crippen LogP contribution in [0.25, 0.3) is 0 Å². The largest absolute Gasteiger partial charge is 0.383 e. The monoisotopic (exact) mass is 420 g/mol. The summed E-state index contributed by atoms with van der Waals surface area (Å²) in [6.45, 7) is 4.46. The number of rotatable bonds is 10. The molecule has 0 bridgehead atoms. The van der Waals surface area contributed by atoms with E-state index in [1.165, 1.54) is 11.0 Å². The van der Waals surface area contributed by atoms with E-state index in [0.717, 1.165) is 17.8 Å². The summed E-state index contributed by atoms with van der Waals surface area (Å²) in [7, 11) is 3.42. The van der Waals surface area contributed by atoms with Crippen LogP contribution in [0.5, 0.6) is 0 Å². The number of amides is 3. The first-order valence-electron chi connectivity index (χ1n) is 9.34. The zero-order valence-corrected chi connectivity index (χ0v) is 17.1. The summed E-state index contributed by atoms with van der Waals surface area (Å²) in [6.07, 6.45) is 3.34. The maximum atomic E-state index is 13.9. The molecule has 0 saturated heterocycles. The zero-order valence-electron chi connectivity index (χ0n) is 17.1. The number of ether oxygens (including phenoxy) is 1. The molecule has 0 spiro atoms. The Morgan fingerprint density at radius 2 is 2.03 bits per heavy atom. The predicted molar refractivity (Wildman–Crippen MR) is 110 cm³/mol. The van der Waals surface area contributed by atoms with E-state index >= 15 is 0 Å². The Balaban J connectivity index is 2.10. The van der Waals surface area contributed by atoms with Crippen LogP contribution in [0.1, 0.15) is 5.69 Å². The third-order valence-corrected chi connectivity index (χ3v) is 4.46. The molecular formula is C21H26F2N4O3. The van der Waals surface area contributed by atoms with Gasteiger partial charge in [-0.3, -0.25) is 4.79 Å². The lowest BCUT2D eigenvalue weighted by Gasteiger charge is -2.27. The quantitative estimate of drug-likeness (QED) is 0.601. The number of aryl methyl sites for hydroxylation is 1. The van der Waals surface area contributed by atoms with Crippen LogP contribution in [0.15, 0.2) is 49.2 Å². The molecule has 0 radical (unpaired) electrons. The fourth-order valence-electron chi connectivity index (χ4n) is 2.77. The van der Waals surface area contributed by atoms with Crippen LogP contribution in [0, 0.1) is 11.6 Å². The van der Waals surface area contributed by atoms with E-state index in [1.54, 1.807) is 12.0 Å². The van der Waals surface area contributed by atoms with Crippen LogP contribution in [0.2, 0.25) is 0 Å². The molecule has 1 N–H and O–H groups in total. The molecule has 3 amide bonds. The van der Waals surface area contributed by atoms with Crippen molar-refractivity contribution in [3.05, 3.63) is 66.5 Å². The third-order valence-electron chi connectivity index (χ3n) is 4.46. The van der Waals surface area contributed by atoms with E-state index < -0.39 is 17.7 Å². The maximum absolute atomic E-state index is 13.9. The molecule has 0 aliphatic carbocycles. The second-order valence-electron chi connectivity index (χ2n) is 6.64. The normalized spacial score (nSPS) is 10.5. The average molecular weight is 420 g/mol. The van der Waals surface area contributed by atoms with E-state index in [1.807, 2.05) is 29.9 Å². The average Bonchev–Trinajstić information content (AvgIpc) is 3.11.